The van der Waals surface area contributed by atoms with Crippen LogP contribution in [0.4, 0.5) is 4.79 Å². The summed E-state index contributed by atoms with van der Waals surface area (Å²) in [6.45, 7) is 5.32. The fraction of sp³-hybridized carbons (Fsp3) is 0.833. The summed E-state index contributed by atoms with van der Waals surface area (Å²) in [7, 11) is 1.99. The second kappa shape index (κ2) is 4.85. The Balaban J connectivity index is 1.82. The Labute approximate surface area is 107 Å². The highest BCUT2D eigenvalue weighted by Crippen LogP contribution is 2.27. The first kappa shape index (κ1) is 13.3. The minimum atomic E-state index is -0.517. The molecule has 1 atom stereocenters. The van der Waals surface area contributed by atoms with E-state index in [4.69, 9.17) is 9.47 Å². The van der Waals surface area contributed by atoms with Crippen LogP contribution in [-0.4, -0.2) is 60.4 Å². The van der Waals surface area contributed by atoms with E-state index in [0.717, 1.165) is 0 Å². The van der Waals surface area contributed by atoms with Crippen molar-refractivity contribution >= 4 is 12.0 Å². The molecule has 0 aromatic heterocycles. The van der Waals surface area contributed by atoms with Crippen molar-refractivity contribution in [3.8, 4) is 0 Å². The van der Waals surface area contributed by atoms with Crippen molar-refractivity contribution in [2.45, 2.75) is 38.5 Å². The summed E-state index contributed by atoms with van der Waals surface area (Å²) >= 11 is 0. The summed E-state index contributed by atoms with van der Waals surface area (Å²) in [6.07, 6.45) is 0.530. The van der Waals surface area contributed by atoms with Gasteiger partial charge in [0.05, 0.1) is 13.2 Å². The van der Waals surface area contributed by atoms with E-state index >= 15 is 0 Å². The van der Waals surface area contributed by atoms with Gasteiger partial charge in [0.15, 0.2) is 0 Å². The number of ether oxygens (including phenoxy) is 2. The van der Waals surface area contributed by atoms with Gasteiger partial charge in [-0.15, -0.1) is 0 Å². The number of rotatable bonds is 3. The quantitative estimate of drug-likeness (QED) is 0.748. The van der Waals surface area contributed by atoms with E-state index in [1.807, 2.05) is 20.9 Å². The first-order valence-corrected chi connectivity index (χ1v) is 6.26. The zero-order valence-corrected chi connectivity index (χ0v) is 11.1. The summed E-state index contributed by atoms with van der Waals surface area (Å²) < 4.78 is 10.4. The summed E-state index contributed by atoms with van der Waals surface area (Å²) in [4.78, 5) is 26.4. The first-order valence-electron chi connectivity index (χ1n) is 6.26. The molecule has 2 rings (SSSR count). The van der Waals surface area contributed by atoms with Crippen LogP contribution in [0.2, 0.25) is 0 Å². The molecule has 102 valence electrons. The molecule has 0 saturated carbocycles. The number of imide groups is 1. The molecule has 2 saturated heterocycles. The molecule has 0 aromatic rings. The summed E-state index contributed by atoms with van der Waals surface area (Å²) in [6, 6.07) is 0.225. The number of nitrogens with zero attached hydrogens (tertiary/aromatic N) is 2. The molecule has 2 aliphatic heterocycles. The Morgan fingerprint density at radius 1 is 1.50 bits per heavy atom. The number of amides is 2. The Kier molecular flexibility index (Phi) is 3.59. The van der Waals surface area contributed by atoms with Crippen LogP contribution < -0.4 is 0 Å². The molecule has 2 fully saturated rings. The van der Waals surface area contributed by atoms with Crippen LogP contribution in [-0.2, 0) is 14.3 Å². The molecule has 2 amide bonds. The van der Waals surface area contributed by atoms with Gasteiger partial charge in [0.1, 0.15) is 12.3 Å². The molecule has 18 heavy (non-hydrogen) atoms. The van der Waals surface area contributed by atoms with Gasteiger partial charge in [-0.3, -0.25) is 9.69 Å². The number of hydrogen-bond acceptors (Lipinski definition) is 5. The SMILES string of the molecule is CN1C(CCC(=O)N2CCOC2=O)COC1(C)C. The molecule has 0 N–H and O–H groups in total. The molecule has 0 aromatic carbocycles. The van der Waals surface area contributed by atoms with E-state index in [0.29, 0.717) is 32.6 Å². The third-order valence-electron chi connectivity index (χ3n) is 3.78. The lowest BCUT2D eigenvalue weighted by molar-refractivity contribution is -0.128. The predicted molar refractivity (Wildman–Crippen MR) is 63.9 cm³/mol. The van der Waals surface area contributed by atoms with Crippen LogP contribution in [0.1, 0.15) is 26.7 Å². The smallest absolute Gasteiger partial charge is 0.416 e. The normalized spacial score (nSPS) is 27.6. The lowest BCUT2D eigenvalue weighted by Gasteiger charge is -2.29. The van der Waals surface area contributed by atoms with Crippen LogP contribution in [0.25, 0.3) is 0 Å². The molecule has 0 spiro atoms. The van der Waals surface area contributed by atoms with Gasteiger partial charge < -0.3 is 9.47 Å². The molecule has 2 heterocycles. The molecule has 6 heteroatoms. The van der Waals surface area contributed by atoms with Crippen LogP contribution in [0, 0.1) is 0 Å². The molecule has 1 unspecified atom stereocenters. The molecule has 0 aliphatic carbocycles. The topological polar surface area (TPSA) is 59.1 Å². The van der Waals surface area contributed by atoms with Crippen molar-refractivity contribution in [3.05, 3.63) is 0 Å². The van der Waals surface area contributed by atoms with E-state index in [1.54, 1.807) is 0 Å². The number of likely N-dealkylation sites (N-methyl/N-ethyl adjacent to an activating group) is 1. The number of cyclic esters (lactones) is 1. The van der Waals surface area contributed by atoms with Gasteiger partial charge in [-0.1, -0.05) is 0 Å². The Morgan fingerprint density at radius 3 is 2.72 bits per heavy atom. The van der Waals surface area contributed by atoms with Crippen LogP contribution in [0.3, 0.4) is 0 Å². The van der Waals surface area contributed by atoms with Crippen molar-refractivity contribution in [3.63, 3.8) is 0 Å². The highest BCUT2D eigenvalue weighted by Gasteiger charge is 2.38. The Morgan fingerprint density at radius 2 is 2.22 bits per heavy atom. The van der Waals surface area contributed by atoms with Gasteiger partial charge in [0, 0.05) is 12.5 Å². The number of hydrogen-bond donors (Lipinski definition) is 0. The highest BCUT2D eigenvalue weighted by molar-refractivity contribution is 5.92. The van der Waals surface area contributed by atoms with E-state index in [2.05, 4.69) is 4.90 Å². The molecule has 6 nitrogen and oxygen atoms in total. The van der Waals surface area contributed by atoms with E-state index in [1.165, 1.54) is 4.90 Å². The lowest BCUT2D eigenvalue weighted by atomic mass is 10.1. The van der Waals surface area contributed by atoms with Crippen LogP contribution >= 0.6 is 0 Å². The minimum Gasteiger partial charge on any atom is -0.447 e. The molecule has 2 aliphatic rings. The third kappa shape index (κ3) is 2.49. The van der Waals surface area contributed by atoms with Crippen LogP contribution in [0.5, 0.6) is 0 Å². The summed E-state index contributed by atoms with van der Waals surface area (Å²) in [5, 5.41) is 0. The molecular weight excluding hydrogens is 236 g/mol. The third-order valence-corrected chi connectivity index (χ3v) is 3.78. The second-order valence-electron chi connectivity index (χ2n) is 5.22. The van der Waals surface area contributed by atoms with Crippen LogP contribution in [0.15, 0.2) is 0 Å². The van der Waals surface area contributed by atoms with Gasteiger partial charge >= 0.3 is 6.09 Å². The minimum absolute atomic E-state index is 0.157. The maximum atomic E-state index is 11.8. The fourth-order valence-corrected chi connectivity index (χ4v) is 2.28. The van der Waals surface area contributed by atoms with Crippen molar-refractivity contribution in [1.29, 1.82) is 0 Å². The lowest BCUT2D eigenvalue weighted by Crippen LogP contribution is -2.41. The average Bonchev–Trinajstić information content (AvgIpc) is 2.83. The van der Waals surface area contributed by atoms with Crippen molar-refractivity contribution in [2.75, 3.05) is 26.8 Å². The van der Waals surface area contributed by atoms with Gasteiger partial charge in [-0.2, -0.15) is 0 Å². The van der Waals surface area contributed by atoms with Crippen molar-refractivity contribution in [1.82, 2.24) is 9.80 Å². The standard InChI is InChI=1S/C12H20N2O4/c1-12(2)13(3)9(8-18-12)4-5-10(15)14-6-7-17-11(14)16/h9H,4-8H2,1-3H3. The van der Waals surface area contributed by atoms with Crippen molar-refractivity contribution < 1.29 is 19.1 Å². The zero-order valence-electron chi connectivity index (χ0n) is 11.1. The average molecular weight is 256 g/mol. The number of carbonyl (C=O) groups is 2. The molecular formula is C12H20N2O4. The number of carbonyl (C=O) groups excluding carboxylic acids is 2. The molecule has 0 radical (unpaired) electrons. The maximum absolute atomic E-state index is 11.8. The monoisotopic (exact) mass is 256 g/mol. The Hall–Kier alpha value is -1.14. The largest absolute Gasteiger partial charge is 0.447 e. The maximum Gasteiger partial charge on any atom is 0.416 e. The predicted octanol–water partition coefficient (Wildman–Crippen LogP) is 0.812. The van der Waals surface area contributed by atoms with E-state index < -0.39 is 6.09 Å². The summed E-state index contributed by atoms with van der Waals surface area (Å²) in [5.41, 5.74) is -0.277. The first-order chi connectivity index (χ1) is 8.42. The second-order valence-corrected chi connectivity index (χ2v) is 5.22. The van der Waals surface area contributed by atoms with Gasteiger partial charge in [0.2, 0.25) is 5.91 Å². The van der Waals surface area contributed by atoms with Crippen molar-refractivity contribution in [2.24, 2.45) is 0 Å². The fourth-order valence-electron chi connectivity index (χ4n) is 2.28. The van der Waals surface area contributed by atoms with E-state index in [9.17, 15) is 9.59 Å². The van der Waals surface area contributed by atoms with E-state index in [-0.39, 0.29) is 17.7 Å². The zero-order chi connectivity index (χ0) is 13.3. The summed E-state index contributed by atoms with van der Waals surface area (Å²) in [5.74, 6) is -0.157. The van der Waals surface area contributed by atoms with Gasteiger partial charge in [-0.05, 0) is 27.3 Å². The van der Waals surface area contributed by atoms with Gasteiger partial charge in [-0.25, -0.2) is 9.69 Å². The highest BCUT2D eigenvalue weighted by atomic mass is 16.6. The molecule has 0 bridgehead atoms. The van der Waals surface area contributed by atoms with Gasteiger partial charge in [0.25, 0.3) is 0 Å². The Bertz CT molecular complexity index is 356.